The summed E-state index contributed by atoms with van der Waals surface area (Å²) in [6.45, 7) is 0.389. The predicted molar refractivity (Wildman–Crippen MR) is 78.2 cm³/mol. The molecule has 0 aliphatic rings. The molecule has 100 valence electrons. The fourth-order valence-corrected chi connectivity index (χ4v) is 2.12. The van der Waals surface area contributed by atoms with Crippen molar-refractivity contribution in [2.75, 3.05) is 19.1 Å². The number of halogens is 1. The normalized spacial score (nSPS) is 10.3. The van der Waals surface area contributed by atoms with Crippen molar-refractivity contribution in [1.29, 1.82) is 0 Å². The number of nitrogens with two attached hydrogens (primary N) is 1. The molecule has 0 saturated carbocycles. The summed E-state index contributed by atoms with van der Waals surface area (Å²) in [5, 5.41) is 0.579. The van der Waals surface area contributed by atoms with Crippen molar-refractivity contribution in [3.8, 4) is 5.75 Å². The van der Waals surface area contributed by atoms with E-state index in [0.29, 0.717) is 17.4 Å². The maximum Gasteiger partial charge on any atom is 0.151 e. The van der Waals surface area contributed by atoms with Crippen LogP contribution in [0.15, 0.2) is 36.5 Å². The zero-order chi connectivity index (χ0) is 13.8. The molecule has 0 unspecified atom stereocenters. The van der Waals surface area contributed by atoms with Crippen LogP contribution >= 0.6 is 11.6 Å². The third-order valence-corrected chi connectivity index (χ3v) is 3.34. The Balaban J connectivity index is 2.40. The molecule has 19 heavy (non-hydrogen) atoms. The Hall–Kier alpha value is -1.78. The molecular formula is C14H16ClN3O. The first-order valence-corrected chi connectivity index (χ1v) is 6.26. The Morgan fingerprint density at radius 1 is 1.37 bits per heavy atom. The van der Waals surface area contributed by atoms with E-state index in [1.807, 2.05) is 42.3 Å². The zero-order valence-electron chi connectivity index (χ0n) is 10.9. The van der Waals surface area contributed by atoms with Gasteiger partial charge in [0.15, 0.2) is 5.82 Å². The van der Waals surface area contributed by atoms with Crippen molar-refractivity contribution in [2.24, 2.45) is 5.73 Å². The highest BCUT2D eigenvalue weighted by molar-refractivity contribution is 6.33. The van der Waals surface area contributed by atoms with Crippen LogP contribution in [-0.2, 0) is 6.54 Å². The van der Waals surface area contributed by atoms with Gasteiger partial charge in [-0.25, -0.2) is 4.98 Å². The minimum atomic E-state index is 0.389. The van der Waals surface area contributed by atoms with E-state index in [-0.39, 0.29) is 0 Å². The predicted octanol–water partition coefficient (Wildman–Crippen LogP) is 2.97. The molecule has 0 bridgehead atoms. The molecule has 1 aromatic carbocycles. The fourth-order valence-electron chi connectivity index (χ4n) is 1.80. The Labute approximate surface area is 117 Å². The molecule has 2 N–H and O–H groups in total. The third-order valence-electron chi connectivity index (χ3n) is 2.93. The summed E-state index contributed by atoms with van der Waals surface area (Å²) in [7, 11) is 3.54. The van der Waals surface area contributed by atoms with E-state index >= 15 is 0 Å². The van der Waals surface area contributed by atoms with Gasteiger partial charge < -0.3 is 15.4 Å². The summed E-state index contributed by atoms with van der Waals surface area (Å²) in [4.78, 5) is 6.22. The molecule has 0 aliphatic carbocycles. The molecule has 0 saturated heterocycles. The summed E-state index contributed by atoms with van der Waals surface area (Å²) in [5.41, 5.74) is 7.48. The average Bonchev–Trinajstić information content (AvgIpc) is 2.47. The van der Waals surface area contributed by atoms with Crippen LogP contribution in [0.25, 0.3) is 0 Å². The number of hydrogen-bond donors (Lipinski definition) is 1. The standard InChI is InChI=1S/C14H16ClN3O/c1-18(11-4-3-5-12(8-11)19-2)14-13(15)10(9-16)6-7-17-14/h3-8H,9,16H2,1-2H3. The number of rotatable bonds is 4. The van der Waals surface area contributed by atoms with Gasteiger partial charge in [0, 0.05) is 31.5 Å². The van der Waals surface area contributed by atoms with Crippen molar-refractivity contribution < 1.29 is 4.74 Å². The van der Waals surface area contributed by atoms with Crippen molar-refractivity contribution >= 4 is 23.1 Å². The Bertz CT molecular complexity index is 574. The van der Waals surface area contributed by atoms with Gasteiger partial charge in [0.1, 0.15) is 5.75 Å². The molecule has 4 nitrogen and oxygen atoms in total. The monoisotopic (exact) mass is 277 g/mol. The van der Waals surface area contributed by atoms with Gasteiger partial charge in [-0.15, -0.1) is 0 Å². The van der Waals surface area contributed by atoms with Gasteiger partial charge in [-0.3, -0.25) is 0 Å². The number of hydrogen-bond acceptors (Lipinski definition) is 4. The lowest BCUT2D eigenvalue weighted by Crippen LogP contribution is -2.13. The van der Waals surface area contributed by atoms with Crippen molar-refractivity contribution in [3.63, 3.8) is 0 Å². The first kappa shape index (κ1) is 13.6. The maximum atomic E-state index is 6.31. The highest BCUT2D eigenvalue weighted by Gasteiger charge is 2.12. The van der Waals surface area contributed by atoms with E-state index in [0.717, 1.165) is 17.0 Å². The smallest absolute Gasteiger partial charge is 0.151 e. The second-order valence-electron chi connectivity index (χ2n) is 4.07. The molecule has 5 heteroatoms. The Morgan fingerprint density at radius 3 is 2.84 bits per heavy atom. The van der Waals surface area contributed by atoms with Gasteiger partial charge in [-0.05, 0) is 23.8 Å². The number of methoxy groups -OCH3 is 1. The topological polar surface area (TPSA) is 51.4 Å². The molecule has 0 atom stereocenters. The van der Waals surface area contributed by atoms with E-state index in [1.54, 1.807) is 13.3 Å². The maximum absolute atomic E-state index is 6.31. The second kappa shape index (κ2) is 5.91. The number of pyridine rings is 1. The Morgan fingerprint density at radius 2 is 2.16 bits per heavy atom. The quantitative estimate of drug-likeness (QED) is 0.933. The van der Waals surface area contributed by atoms with E-state index in [2.05, 4.69) is 4.98 Å². The van der Waals surface area contributed by atoms with Crippen LogP contribution in [0.1, 0.15) is 5.56 Å². The highest BCUT2D eigenvalue weighted by Crippen LogP contribution is 2.32. The molecule has 0 spiro atoms. The molecular weight excluding hydrogens is 262 g/mol. The number of anilines is 2. The van der Waals surface area contributed by atoms with E-state index in [4.69, 9.17) is 22.1 Å². The van der Waals surface area contributed by atoms with Crippen LogP contribution in [0.3, 0.4) is 0 Å². The van der Waals surface area contributed by atoms with Gasteiger partial charge in [0.25, 0.3) is 0 Å². The molecule has 2 aromatic rings. The van der Waals surface area contributed by atoms with Crippen LogP contribution in [-0.4, -0.2) is 19.1 Å². The summed E-state index contributed by atoms with van der Waals surface area (Å²) in [6, 6.07) is 9.53. The molecule has 2 rings (SSSR count). The molecule has 0 radical (unpaired) electrons. The lowest BCUT2D eigenvalue weighted by Gasteiger charge is -2.21. The SMILES string of the molecule is COc1cccc(N(C)c2nccc(CN)c2Cl)c1. The first-order valence-electron chi connectivity index (χ1n) is 5.88. The summed E-state index contributed by atoms with van der Waals surface area (Å²) in [5.74, 6) is 1.47. The van der Waals surface area contributed by atoms with Gasteiger partial charge in [-0.2, -0.15) is 0 Å². The zero-order valence-corrected chi connectivity index (χ0v) is 11.7. The average molecular weight is 278 g/mol. The van der Waals surface area contributed by atoms with Crippen LogP contribution in [0.4, 0.5) is 11.5 Å². The third kappa shape index (κ3) is 2.80. The molecule has 1 aromatic heterocycles. The van der Waals surface area contributed by atoms with E-state index in [1.165, 1.54) is 0 Å². The van der Waals surface area contributed by atoms with Gasteiger partial charge in [-0.1, -0.05) is 17.7 Å². The number of aromatic nitrogens is 1. The first-order chi connectivity index (χ1) is 9.17. The van der Waals surface area contributed by atoms with Gasteiger partial charge in [0.2, 0.25) is 0 Å². The second-order valence-corrected chi connectivity index (χ2v) is 4.45. The van der Waals surface area contributed by atoms with E-state index in [9.17, 15) is 0 Å². The van der Waals surface area contributed by atoms with E-state index < -0.39 is 0 Å². The van der Waals surface area contributed by atoms with Crippen molar-refractivity contribution in [2.45, 2.75) is 6.54 Å². The highest BCUT2D eigenvalue weighted by atomic mass is 35.5. The Kier molecular flexibility index (Phi) is 4.24. The lowest BCUT2D eigenvalue weighted by atomic mass is 10.2. The van der Waals surface area contributed by atoms with Gasteiger partial charge >= 0.3 is 0 Å². The fraction of sp³-hybridized carbons (Fsp3) is 0.214. The molecule has 0 fully saturated rings. The summed E-state index contributed by atoms with van der Waals surface area (Å²) in [6.07, 6.45) is 1.71. The number of benzene rings is 1. The minimum absolute atomic E-state index is 0.389. The molecule has 0 aliphatic heterocycles. The number of ether oxygens (including phenoxy) is 1. The van der Waals surface area contributed by atoms with Crippen LogP contribution in [0, 0.1) is 0 Å². The number of nitrogens with zero attached hydrogens (tertiary/aromatic N) is 2. The van der Waals surface area contributed by atoms with Crippen LogP contribution in [0.5, 0.6) is 5.75 Å². The minimum Gasteiger partial charge on any atom is -0.497 e. The largest absolute Gasteiger partial charge is 0.497 e. The van der Waals surface area contributed by atoms with Crippen LogP contribution < -0.4 is 15.4 Å². The molecule has 0 amide bonds. The van der Waals surface area contributed by atoms with Crippen LogP contribution in [0.2, 0.25) is 5.02 Å². The lowest BCUT2D eigenvalue weighted by molar-refractivity contribution is 0.415. The van der Waals surface area contributed by atoms with Crippen molar-refractivity contribution in [3.05, 3.63) is 47.1 Å². The summed E-state index contributed by atoms with van der Waals surface area (Å²) >= 11 is 6.31. The van der Waals surface area contributed by atoms with Crippen molar-refractivity contribution in [1.82, 2.24) is 4.98 Å². The van der Waals surface area contributed by atoms with Gasteiger partial charge in [0.05, 0.1) is 12.1 Å². The summed E-state index contributed by atoms with van der Waals surface area (Å²) < 4.78 is 5.22. The molecule has 1 heterocycles.